The second-order valence-corrected chi connectivity index (χ2v) is 4.36. The van der Waals surface area contributed by atoms with Crippen LogP contribution in [-0.2, 0) is 6.54 Å². The molecular formula is C14H14N4O2. The summed E-state index contributed by atoms with van der Waals surface area (Å²) in [5, 5.41) is 3.14. The highest BCUT2D eigenvalue weighted by Gasteiger charge is 2.10. The molecular weight excluding hydrogens is 256 g/mol. The lowest BCUT2D eigenvalue weighted by Gasteiger charge is -2.05. The summed E-state index contributed by atoms with van der Waals surface area (Å²) in [7, 11) is 0. The molecule has 6 nitrogen and oxygen atoms in total. The third-order valence-electron chi connectivity index (χ3n) is 2.95. The Hall–Kier alpha value is -2.63. The van der Waals surface area contributed by atoms with E-state index < -0.39 is 5.76 Å². The van der Waals surface area contributed by atoms with Crippen LogP contribution in [0.5, 0.6) is 0 Å². The summed E-state index contributed by atoms with van der Waals surface area (Å²) in [5.41, 5.74) is 2.02. The molecule has 1 N–H and O–H groups in total. The number of hydrogen-bond donors (Lipinski definition) is 1. The van der Waals surface area contributed by atoms with E-state index in [0.717, 1.165) is 17.9 Å². The van der Waals surface area contributed by atoms with E-state index in [9.17, 15) is 4.79 Å². The van der Waals surface area contributed by atoms with Crippen LogP contribution in [0.15, 0.2) is 45.9 Å². The van der Waals surface area contributed by atoms with Gasteiger partial charge in [0.05, 0.1) is 6.54 Å². The van der Waals surface area contributed by atoms with E-state index in [0.29, 0.717) is 17.8 Å². The number of nitrogens with one attached hydrogen (secondary N) is 1. The van der Waals surface area contributed by atoms with E-state index in [1.807, 2.05) is 19.1 Å². The molecule has 0 unspecified atom stereocenters. The quantitative estimate of drug-likeness (QED) is 0.783. The first kappa shape index (κ1) is 12.4. The predicted molar refractivity (Wildman–Crippen MR) is 75.8 cm³/mol. The standard InChI is InChI=1S/C14H14N4O2/c1-2-15-12-8-10(5-7-16-12)9-18-13-11(20-14(18)19)4-3-6-17-13/h3-8H,2,9H2,1H3,(H,15,16). The van der Waals surface area contributed by atoms with E-state index in [-0.39, 0.29) is 0 Å². The van der Waals surface area contributed by atoms with Crippen LogP contribution >= 0.6 is 0 Å². The summed E-state index contributed by atoms with van der Waals surface area (Å²) in [6.07, 6.45) is 3.36. The lowest BCUT2D eigenvalue weighted by Crippen LogP contribution is -2.15. The minimum absolute atomic E-state index is 0.402. The molecule has 0 radical (unpaired) electrons. The molecule has 20 heavy (non-hydrogen) atoms. The Labute approximate surface area is 115 Å². The normalized spacial score (nSPS) is 10.8. The lowest BCUT2D eigenvalue weighted by molar-refractivity contribution is 0.517. The molecule has 0 aliphatic heterocycles. The monoisotopic (exact) mass is 270 g/mol. The summed E-state index contributed by atoms with van der Waals surface area (Å²) in [6.45, 7) is 3.21. The van der Waals surface area contributed by atoms with Gasteiger partial charge in [0.25, 0.3) is 0 Å². The van der Waals surface area contributed by atoms with Crippen LogP contribution in [0.25, 0.3) is 11.2 Å². The maximum absolute atomic E-state index is 11.9. The summed E-state index contributed by atoms with van der Waals surface area (Å²) >= 11 is 0. The second-order valence-electron chi connectivity index (χ2n) is 4.36. The SMILES string of the molecule is CCNc1cc(Cn2c(=O)oc3cccnc32)ccn1. The van der Waals surface area contributed by atoms with Crippen LogP contribution in [0.2, 0.25) is 0 Å². The van der Waals surface area contributed by atoms with Crippen molar-refractivity contribution in [3.05, 3.63) is 52.8 Å². The van der Waals surface area contributed by atoms with Crippen LogP contribution in [0.3, 0.4) is 0 Å². The molecule has 0 aromatic carbocycles. The summed E-state index contributed by atoms with van der Waals surface area (Å²) in [4.78, 5) is 20.3. The molecule has 102 valence electrons. The first-order valence-electron chi connectivity index (χ1n) is 6.41. The Balaban J connectivity index is 1.99. The second kappa shape index (κ2) is 5.16. The average molecular weight is 270 g/mol. The zero-order valence-corrected chi connectivity index (χ0v) is 11.0. The van der Waals surface area contributed by atoms with Gasteiger partial charge in [-0.3, -0.25) is 4.57 Å². The first-order valence-corrected chi connectivity index (χ1v) is 6.41. The van der Waals surface area contributed by atoms with Gasteiger partial charge in [0, 0.05) is 18.9 Å². The highest BCUT2D eigenvalue weighted by molar-refractivity contribution is 5.67. The first-order chi connectivity index (χ1) is 9.78. The Bertz CT molecular complexity index is 791. The van der Waals surface area contributed by atoms with Crippen LogP contribution in [-0.4, -0.2) is 21.1 Å². The minimum atomic E-state index is -0.402. The average Bonchev–Trinajstić information content (AvgIpc) is 2.76. The molecule has 0 aliphatic carbocycles. The molecule has 3 heterocycles. The van der Waals surface area contributed by atoms with E-state index in [1.54, 1.807) is 24.5 Å². The molecule has 3 rings (SSSR count). The van der Waals surface area contributed by atoms with Gasteiger partial charge in [-0.25, -0.2) is 14.8 Å². The number of pyridine rings is 2. The fraction of sp³-hybridized carbons (Fsp3) is 0.214. The maximum atomic E-state index is 11.9. The number of hydrogen-bond acceptors (Lipinski definition) is 5. The third kappa shape index (κ3) is 2.27. The predicted octanol–water partition coefficient (Wildman–Crippen LogP) is 1.86. The minimum Gasteiger partial charge on any atom is -0.406 e. The lowest BCUT2D eigenvalue weighted by atomic mass is 10.2. The van der Waals surface area contributed by atoms with Gasteiger partial charge in [-0.2, -0.15) is 0 Å². The molecule has 0 amide bonds. The molecule has 0 saturated heterocycles. The number of rotatable bonds is 4. The van der Waals surface area contributed by atoms with Crippen molar-refractivity contribution >= 4 is 17.0 Å². The zero-order valence-electron chi connectivity index (χ0n) is 11.0. The molecule has 6 heteroatoms. The molecule has 0 spiro atoms. The Morgan fingerprint density at radius 3 is 3.05 bits per heavy atom. The topological polar surface area (TPSA) is 73.0 Å². The maximum Gasteiger partial charge on any atom is 0.421 e. The van der Waals surface area contributed by atoms with Gasteiger partial charge < -0.3 is 9.73 Å². The largest absolute Gasteiger partial charge is 0.421 e. The number of nitrogens with zero attached hydrogens (tertiary/aromatic N) is 3. The molecule has 3 aromatic heterocycles. The van der Waals surface area contributed by atoms with Gasteiger partial charge in [-0.1, -0.05) is 0 Å². The van der Waals surface area contributed by atoms with Crippen molar-refractivity contribution < 1.29 is 4.42 Å². The number of oxazole rings is 1. The smallest absolute Gasteiger partial charge is 0.406 e. The van der Waals surface area contributed by atoms with E-state index in [1.165, 1.54) is 4.57 Å². The molecule has 0 aliphatic rings. The van der Waals surface area contributed by atoms with Gasteiger partial charge in [0.2, 0.25) is 0 Å². The van der Waals surface area contributed by atoms with E-state index >= 15 is 0 Å². The van der Waals surface area contributed by atoms with Crippen molar-refractivity contribution in [2.24, 2.45) is 0 Å². The Morgan fingerprint density at radius 1 is 1.30 bits per heavy atom. The van der Waals surface area contributed by atoms with Crippen molar-refractivity contribution in [1.82, 2.24) is 14.5 Å². The Kier molecular flexibility index (Phi) is 3.20. The van der Waals surface area contributed by atoms with Crippen molar-refractivity contribution in [1.29, 1.82) is 0 Å². The molecule has 0 bridgehead atoms. The number of aromatic nitrogens is 3. The van der Waals surface area contributed by atoms with Gasteiger partial charge in [0.15, 0.2) is 11.2 Å². The molecule has 0 fully saturated rings. The summed E-state index contributed by atoms with van der Waals surface area (Å²) in [6, 6.07) is 7.26. The molecule has 3 aromatic rings. The fourth-order valence-electron chi connectivity index (χ4n) is 2.07. The van der Waals surface area contributed by atoms with Crippen molar-refractivity contribution in [3.8, 4) is 0 Å². The van der Waals surface area contributed by atoms with Gasteiger partial charge >= 0.3 is 5.76 Å². The number of fused-ring (bicyclic) bond motifs is 1. The number of anilines is 1. The highest BCUT2D eigenvalue weighted by Crippen LogP contribution is 2.12. The van der Waals surface area contributed by atoms with Gasteiger partial charge in [-0.15, -0.1) is 0 Å². The summed E-state index contributed by atoms with van der Waals surface area (Å²) < 4.78 is 6.68. The fourth-order valence-corrected chi connectivity index (χ4v) is 2.07. The van der Waals surface area contributed by atoms with Crippen molar-refractivity contribution in [2.75, 3.05) is 11.9 Å². The van der Waals surface area contributed by atoms with Gasteiger partial charge in [0.1, 0.15) is 5.82 Å². The van der Waals surface area contributed by atoms with Crippen molar-refractivity contribution in [3.63, 3.8) is 0 Å². The van der Waals surface area contributed by atoms with Crippen LogP contribution in [0, 0.1) is 0 Å². The van der Waals surface area contributed by atoms with E-state index in [4.69, 9.17) is 4.42 Å². The van der Waals surface area contributed by atoms with E-state index in [2.05, 4.69) is 15.3 Å². The van der Waals surface area contributed by atoms with Crippen LogP contribution in [0.4, 0.5) is 5.82 Å². The van der Waals surface area contributed by atoms with Crippen molar-refractivity contribution in [2.45, 2.75) is 13.5 Å². The summed E-state index contributed by atoms with van der Waals surface area (Å²) in [5.74, 6) is 0.388. The van der Waals surface area contributed by atoms with Crippen LogP contribution < -0.4 is 11.1 Å². The van der Waals surface area contributed by atoms with Gasteiger partial charge in [-0.05, 0) is 36.8 Å². The Morgan fingerprint density at radius 2 is 2.20 bits per heavy atom. The van der Waals surface area contributed by atoms with Crippen LogP contribution in [0.1, 0.15) is 12.5 Å². The third-order valence-corrected chi connectivity index (χ3v) is 2.95. The molecule has 0 atom stereocenters. The zero-order chi connectivity index (χ0) is 13.9. The highest BCUT2D eigenvalue weighted by atomic mass is 16.4. The molecule has 0 saturated carbocycles.